The molecule has 0 amide bonds. The number of hydrogen-bond donors (Lipinski definition) is 0. The quantitative estimate of drug-likeness (QED) is 0.161. The second kappa shape index (κ2) is 14.7. The van der Waals surface area contributed by atoms with Crippen molar-refractivity contribution in [1.82, 2.24) is 29.1 Å². The molecule has 6 heteroatoms. The van der Waals surface area contributed by atoms with E-state index in [1.165, 1.54) is 43.7 Å². The lowest BCUT2D eigenvalue weighted by molar-refractivity contribution is 1.06. The summed E-state index contributed by atoms with van der Waals surface area (Å²) in [6, 6.07) is 74.7. The molecule has 0 N–H and O–H groups in total. The lowest BCUT2D eigenvalue weighted by atomic mass is 10.0. The van der Waals surface area contributed by atoms with Crippen LogP contribution in [0.2, 0.25) is 0 Å². The van der Waals surface area contributed by atoms with E-state index in [1.54, 1.807) is 0 Å². The topological polar surface area (TPSA) is 61.4 Å². The van der Waals surface area contributed by atoms with E-state index >= 15 is 0 Å². The summed E-state index contributed by atoms with van der Waals surface area (Å²) in [5.74, 6) is 1.74. The third-order valence-corrected chi connectivity index (χ3v) is 11.8. The maximum Gasteiger partial charge on any atom is 0.182 e. The van der Waals surface area contributed by atoms with Crippen LogP contribution in [0.4, 0.5) is 0 Å². The monoisotopic (exact) mass is 792 g/mol. The average molecular weight is 793 g/mol. The van der Waals surface area contributed by atoms with Crippen molar-refractivity contribution in [1.29, 1.82) is 0 Å². The summed E-state index contributed by atoms with van der Waals surface area (Å²) in [5, 5.41) is 4.87. The fourth-order valence-electron chi connectivity index (χ4n) is 8.90. The number of para-hydroxylation sites is 3. The Morgan fingerprint density at radius 2 is 0.694 bits per heavy atom. The Balaban J connectivity index is 0.915. The summed E-state index contributed by atoms with van der Waals surface area (Å²) < 4.78 is 4.73. The van der Waals surface area contributed by atoms with Gasteiger partial charge in [0.15, 0.2) is 17.5 Å². The van der Waals surface area contributed by atoms with Crippen LogP contribution in [0.25, 0.3) is 112 Å². The minimum absolute atomic E-state index is 0.527. The highest BCUT2D eigenvalue weighted by Crippen LogP contribution is 2.38. The number of fused-ring (bicyclic) bond motifs is 6. The molecular formula is C56H36N6. The van der Waals surface area contributed by atoms with E-state index in [9.17, 15) is 0 Å². The molecule has 4 aromatic heterocycles. The molecule has 12 aromatic rings. The van der Waals surface area contributed by atoms with Crippen LogP contribution < -0.4 is 0 Å². The zero-order valence-corrected chi connectivity index (χ0v) is 33.5. The van der Waals surface area contributed by atoms with Crippen molar-refractivity contribution in [3.63, 3.8) is 0 Å². The molecule has 0 atom stereocenters. The molecule has 0 unspecified atom stereocenters. The van der Waals surface area contributed by atoms with Crippen molar-refractivity contribution in [2.45, 2.75) is 0 Å². The van der Waals surface area contributed by atoms with Crippen molar-refractivity contribution in [3.8, 4) is 67.9 Å². The van der Waals surface area contributed by atoms with Crippen molar-refractivity contribution >= 4 is 43.6 Å². The van der Waals surface area contributed by atoms with Crippen LogP contribution in [0, 0.1) is 0 Å². The first kappa shape index (κ1) is 35.5. The molecule has 0 radical (unpaired) electrons. The van der Waals surface area contributed by atoms with Crippen LogP contribution in [0.5, 0.6) is 0 Å². The van der Waals surface area contributed by atoms with Crippen molar-refractivity contribution in [3.05, 3.63) is 219 Å². The van der Waals surface area contributed by atoms with Crippen LogP contribution in [-0.2, 0) is 0 Å². The molecule has 62 heavy (non-hydrogen) atoms. The zero-order valence-electron chi connectivity index (χ0n) is 33.5. The third kappa shape index (κ3) is 6.04. The van der Waals surface area contributed by atoms with Gasteiger partial charge in [-0.15, -0.1) is 0 Å². The Morgan fingerprint density at radius 3 is 1.26 bits per heavy atom. The molecule has 8 aromatic carbocycles. The molecule has 0 saturated carbocycles. The fourth-order valence-corrected chi connectivity index (χ4v) is 8.90. The van der Waals surface area contributed by atoms with E-state index in [2.05, 4.69) is 161 Å². The molecule has 12 rings (SSSR count). The number of hydrogen-bond acceptors (Lipinski definition) is 4. The lowest BCUT2D eigenvalue weighted by Crippen LogP contribution is -2.01. The Kier molecular flexibility index (Phi) is 8.38. The molecule has 4 heterocycles. The maximum absolute atomic E-state index is 4.94. The summed E-state index contributed by atoms with van der Waals surface area (Å²) in [4.78, 5) is 19.5. The summed E-state index contributed by atoms with van der Waals surface area (Å²) in [5.41, 5.74) is 14.0. The fraction of sp³-hybridized carbons (Fsp3) is 0. The SMILES string of the molecule is c1ccc(-c2nc(-c3ccccc3)nc(-c3cc(-c4ccc5c(c4)c4ccccc4n5-c4ccc(-c5ccc6c(c5)c5ccccc5n6-c5ccccc5)cc4)ccn3)n2)cc1. The van der Waals surface area contributed by atoms with E-state index in [0.717, 1.165) is 44.7 Å². The lowest BCUT2D eigenvalue weighted by Gasteiger charge is -2.11. The molecule has 0 saturated heterocycles. The van der Waals surface area contributed by atoms with E-state index in [4.69, 9.17) is 19.9 Å². The highest BCUT2D eigenvalue weighted by atomic mass is 15.0. The van der Waals surface area contributed by atoms with Gasteiger partial charge in [-0.05, 0) is 95.1 Å². The summed E-state index contributed by atoms with van der Waals surface area (Å²) in [7, 11) is 0. The van der Waals surface area contributed by atoms with E-state index in [1.807, 2.05) is 66.9 Å². The Labute approximate surface area is 357 Å². The zero-order chi connectivity index (χ0) is 41.0. The maximum atomic E-state index is 4.94. The molecule has 0 aliphatic rings. The van der Waals surface area contributed by atoms with Gasteiger partial charge in [0.05, 0.1) is 22.1 Å². The number of pyridine rings is 1. The largest absolute Gasteiger partial charge is 0.309 e. The first-order valence-electron chi connectivity index (χ1n) is 20.8. The van der Waals surface area contributed by atoms with Crippen LogP contribution >= 0.6 is 0 Å². The molecular weight excluding hydrogens is 757 g/mol. The number of rotatable bonds is 7. The van der Waals surface area contributed by atoms with Gasteiger partial charge in [0, 0.05) is 50.2 Å². The second-order valence-corrected chi connectivity index (χ2v) is 15.5. The Morgan fingerprint density at radius 1 is 0.274 bits per heavy atom. The summed E-state index contributed by atoms with van der Waals surface area (Å²) in [6.07, 6.45) is 1.84. The van der Waals surface area contributed by atoms with E-state index < -0.39 is 0 Å². The number of nitrogens with zero attached hydrogens (tertiary/aromatic N) is 6. The van der Waals surface area contributed by atoms with Crippen molar-refractivity contribution in [2.24, 2.45) is 0 Å². The minimum Gasteiger partial charge on any atom is -0.309 e. The highest BCUT2D eigenvalue weighted by Gasteiger charge is 2.17. The van der Waals surface area contributed by atoms with Crippen LogP contribution in [-0.4, -0.2) is 29.1 Å². The third-order valence-electron chi connectivity index (χ3n) is 11.8. The predicted octanol–water partition coefficient (Wildman–Crippen LogP) is 13.8. The Hall–Kier alpha value is -8.48. The van der Waals surface area contributed by atoms with Gasteiger partial charge in [0.25, 0.3) is 0 Å². The van der Waals surface area contributed by atoms with Gasteiger partial charge >= 0.3 is 0 Å². The van der Waals surface area contributed by atoms with Crippen LogP contribution in [0.15, 0.2) is 219 Å². The molecule has 0 bridgehead atoms. The predicted molar refractivity (Wildman–Crippen MR) is 253 cm³/mol. The van der Waals surface area contributed by atoms with Crippen molar-refractivity contribution < 1.29 is 0 Å². The van der Waals surface area contributed by atoms with Crippen LogP contribution in [0.3, 0.4) is 0 Å². The molecule has 6 nitrogen and oxygen atoms in total. The van der Waals surface area contributed by atoms with Crippen LogP contribution in [0.1, 0.15) is 0 Å². The second-order valence-electron chi connectivity index (χ2n) is 15.5. The first-order valence-corrected chi connectivity index (χ1v) is 20.8. The van der Waals surface area contributed by atoms with E-state index in [-0.39, 0.29) is 0 Å². The van der Waals surface area contributed by atoms with Gasteiger partial charge in [0.1, 0.15) is 5.69 Å². The van der Waals surface area contributed by atoms with Gasteiger partial charge in [-0.3, -0.25) is 4.98 Å². The smallest absolute Gasteiger partial charge is 0.182 e. The summed E-state index contributed by atoms with van der Waals surface area (Å²) in [6.45, 7) is 0. The average Bonchev–Trinajstić information content (AvgIpc) is 3.87. The highest BCUT2D eigenvalue weighted by molar-refractivity contribution is 6.11. The summed E-state index contributed by atoms with van der Waals surface area (Å²) >= 11 is 0. The molecule has 0 spiro atoms. The molecule has 290 valence electrons. The molecule has 0 aliphatic heterocycles. The standard InChI is InChI=1S/C56H36N6/c1-4-14-38(15-5-1)54-58-55(39-16-6-2-7-17-39)60-56(59-54)49-36-42(32-33-57-49)41-27-31-53-48(35-41)46-21-11-13-23-51(46)62(53)44-28-24-37(25-29-44)40-26-30-52-47(34-40)45-20-10-12-22-50(45)61(52)43-18-8-3-9-19-43/h1-36H. The normalized spacial score (nSPS) is 11.5. The van der Waals surface area contributed by atoms with E-state index in [0.29, 0.717) is 23.2 Å². The van der Waals surface area contributed by atoms with Crippen molar-refractivity contribution in [2.75, 3.05) is 0 Å². The van der Waals surface area contributed by atoms with Gasteiger partial charge in [-0.25, -0.2) is 15.0 Å². The van der Waals surface area contributed by atoms with Gasteiger partial charge in [-0.2, -0.15) is 0 Å². The van der Waals surface area contributed by atoms with Gasteiger partial charge in [0.2, 0.25) is 0 Å². The minimum atomic E-state index is 0.527. The van der Waals surface area contributed by atoms with Gasteiger partial charge in [-0.1, -0.05) is 140 Å². The molecule has 0 fully saturated rings. The molecule has 0 aliphatic carbocycles. The number of benzene rings is 8. The Bertz CT molecular complexity index is 3550. The number of aromatic nitrogens is 6. The first-order chi connectivity index (χ1) is 30.7. The van der Waals surface area contributed by atoms with Gasteiger partial charge < -0.3 is 9.13 Å².